The molecule has 1 aromatic heterocycles. The molecular weight excluding hydrogens is 282 g/mol. The molecule has 1 amide bonds. The maximum Gasteiger partial charge on any atom is 0.261 e. The van der Waals surface area contributed by atoms with Gasteiger partial charge in [-0.05, 0) is 24.1 Å². The summed E-state index contributed by atoms with van der Waals surface area (Å²) >= 11 is 1.37. The monoisotopic (exact) mass is 299 g/mol. The molecule has 2 rings (SSSR count). The van der Waals surface area contributed by atoms with Gasteiger partial charge in [0.25, 0.3) is 5.91 Å². The molecule has 0 spiro atoms. The number of amides is 1. The molecular formula is C17H17NO2S. The molecule has 0 aliphatic rings. The number of benzene rings is 1. The van der Waals surface area contributed by atoms with E-state index < -0.39 is 0 Å². The van der Waals surface area contributed by atoms with Crippen LogP contribution in [0.1, 0.15) is 26.5 Å². The second kappa shape index (κ2) is 8.25. The standard InChI is InChI=1S/C17H17NO2S/c19-13-5-4-8-15-9-10-16(21-15)17(20)18-12-11-14-6-2-1-3-7-14/h1-3,6-7,9-10,19H,5,11-13H2,(H,18,20). The predicted octanol–water partition coefficient (Wildman–Crippen LogP) is 2.45. The Morgan fingerprint density at radius 3 is 2.76 bits per heavy atom. The topological polar surface area (TPSA) is 49.3 Å². The smallest absolute Gasteiger partial charge is 0.261 e. The van der Waals surface area contributed by atoms with Crippen LogP contribution in [0.2, 0.25) is 0 Å². The number of aliphatic hydroxyl groups excluding tert-OH is 1. The van der Waals surface area contributed by atoms with Crippen molar-refractivity contribution in [3.8, 4) is 11.8 Å². The highest BCUT2D eigenvalue weighted by Crippen LogP contribution is 2.15. The van der Waals surface area contributed by atoms with E-state index in [1.165, 1.54) is 16.9 Å². The number of rotatable bonds is 5. The summed E-state index contributed by atoms with van der Waals surface area (Å²) in [5.74, 6) is 5.71. The average Bonchev–Trinajstić information content (AvgIpc) is 2.97. The van der Waals surface area contributed by atoms with E-state index in [-0.39, 0.29) is 12.5 Å². The lowest BCUT2D eigenvalue weighted by Gasteiger charge is -2.03. The molecule has 1 aromatic carbocycles. The summed E-state index contributed by atoms with van der Waals surface area (Å²) < 4.78 is 0. The number of nitrogens with one attached hydrogen (secondary N) is 1. The van der Waals surface area contributed by atoms with Crippen molar-refractivity contribution in [3.63, 3.8) is 0 Å². The quantitative estimate of drug-likeness (QED) is 0.833. The summed E-state index contributed by atoms with van der Waals surface area (Å²) in [5, 5.41) is 11.6. The first-order valence-electron chi connectivity index (χ1n) is 6.81. The van der Waals surface area contributed by atoms with E-state index in [0.29, 0.717) is 17.8 Å². The van der Waals surface area contributed by atoms with Gasteiger partial charge in [0.1, 0.15) is 0 Å². The van der Waals surface area contributed by atoms with Gasteiger partial charge >= 0.3 is 0 Å². The number of hydrogen-bond donors (Lipinski definition) is 2. The van der Waals surface area contributed by atoms with Crippen molar-refractivity contribution in [1.82, 2.24) is 5.32 Å². The average molecular weight is 299 g/mol. The first-order chi connectivity index (χ1) is 10.3. The van der Waals surface area contributed by atoms with Crippen LogP contribution in [0.25, 0.3) is 0 Å². The van der Waals surface area contributed by atoms with Gasteiger partial charge < -0.3 is 10.4 Å². The Balaban J connectivity index is 1.82. The van der Waals surface area contributed by atoms with Crippen molar-refractivity contribution in [2.45, 2.75) is 12.8 Å². The minimum atomic E-state index is -0.0638. The van der Waals surface area contributed by atoms with Crippen LogP contribution in [0.3, 0.4) is 0 Å². The molecule has 108 valence electrons. The number of hydrogen-bond acceptors (Lipinski definition) is 3. The Morgan fingerprint density at radius 2 is 2.00 bits per heavy atom. The van der Waals surface area contributed by atoms with E-state index in [1.807, 2.05) is 36.4 Å². The van der Waals surface area contributed by atoms with Gasteiger partial charge in [-0.15, -0.1) is 11.3 Å². The van der Waals surface area contributed by atoms with Crippen molar-refractivity contribution in [2.24, 2.45) is 0 Å². The minimum absolute atomic E-state index is 0.0607. The number of aliphatic hydroxyl groups is 1. The highest BCUT2D eigenvalue weighted by molar-refractivity contribution is 7.14. The molecule has 0 aliphatic carbocycles. The molecule has 1 heterocycles. The van der Waals surface area contributed by atoms with Crippen LogP contribution < -0.4 is 5.32 Å². The molecule has 0 aliphatic heterocycles. The molecule has 21 heavy (non-hydrogen) atoms. The highest BCUT2D eigenvalue weighted by atomic mass is 32.1. The normalized spacial score (nSPS) is 9.76. The summed E-state index contributed by atoms with van der Waals surface area (Å²) in [7, 11) is 0. The molecule has 4 heteroatoms. The Morgan fingerprint density at radius 1 is 1.19 bits per heavy atom. The third-order valence-corrected chi connectivity index (χ3v) is 3.82. The predicted molar refractivity (Wildman–Crippen MR) is 85.4 cm³/mol. The van der Waals surface area contributed by atoms with Gasteiger partial charge in [0.2, 0.25) is 0 Å². The summed E-state index contributed by atoms with van der Waals surface area (Å²) in [6.45, 7) is 0.678. The molecule has 0 atom stereocenters. The largest absolute Gasteiger partial charge is 0.395 e. The third-order valence-electron chi connectivity index (χ3n) is 2.82. The lowest BCUT2D eigenvalue weighted by Crippen LogP contribution is -2.24. The summed E-state index contributed by atoms with van der Waals surface area (Å²) in [6, 6.07) is 13.7. The van der Waals surface area contributed by atoms with Gasteiger partial charge in [-0.2, -0.15) is 0 Å². The fraction of sp³-hybridized carbons (Fsp3) is 0.235. The van der Waals surface area contributed by atoms with E-state index in [0.717, 1.165) is 11.3 Å². The van der Waals surface area contributed by atoms with Gasteiger partial charge in [-0.3, -0.25) is 4.79 Å². The zero-order chi connectivity index (χ0) is 14.9. The second-order valence-corrected chi connectivity index (χ2v) is 5.51. The van der Waals surface area contributed by atoms with Crippen LogP contribution in [0.15, 0.2) is 42.5 Å². The first kappa shape index (κ1) is 15.3. The Bertz CT molecular complexity index is 638. The zero-order valence-corrected chi connectivity index (χ0v) is 12.5. The lowest BCUT2D eigenvalue weighted by atomic mass is 10.1. The lowest BCUT2D eigenvalue weighted by molar-refractivity contribution is 0.0958. The summed E-state index contributed by atoms with van der Waals surface area (Å²) in [6.07, 6.45) is 1.28. The Labute approximate surface area is 128 Å². The van der Waals surface area contributed by atoms with Crippen LogP contribution in [0.5, 0.6) is 0 Å². The molecule has 0 saturated carbocycles. The third kappa shape index (κ3) is 5.07. The van der Waals surface area contributed by atoms with Crippen LogP contribution >= 0.6 is 11.3 Å². The van der Waals surface area contributed by atoms with E-state index >= 15 is 0 Å². The van der Waals surface area contributed by atoms with Gasteiger partial charge in [0.05, 0.1) is 16.4 Å². The van der Waals surface area contributed by atoms with E-state index in [9.17, 15) is 4.79 Å². The first-order valence-corrected chi connectivity index (χ1v) is 7.63. The van der Waals surface area contributed by atoms with Gasteiger partial charge in [-0.25, -0.2) is 0 Å². The summed E-state index contributed by atoms with van der Waals surface area (Å²) in [4.78, 5) is 13.5. The van der Waals surface area contributed by atoms with Crippen molar-refractivity contribution in [1.29, 1.82) is 0 Å². The van der Waals surface area contributed by atoms with Crippen molar-refractivity contribution in [3.05, 3.63) is 57.8 Å². The van der Waals surface area contributed by atoms with Crippen LogP contribution in [-0.4, -0.2) is 24.2 Å². The fourth-order valence-corrected chi connectivity index (χ4v) is 2.58. The maximum absolute atomic E-state index is 12.0. The van der Waals surface area contributed by atoms with E-state index in [4.69, 9.17) is 5.11 Å². The highest BCUT2D eigenvalue weighted by Gasteiger charge is 2.07. The SMILES string of the molecule is O=C(NCCc1ccccc1)c1ccc(C#CCCO)s1. The molecule has 0 unspecified atom stereocenters. The molecule has 0 fully saturated rings. The van der Waals surface area contributed by atoms with Crippen LogP contribution in [0, 0.1) is 11.8 Å². The Hall–Kier alpha value is -2.09. The number of carbonyl (C=O) groups is 1. The van der Waals surface area contributed by atoms with Crippen LogP contribution in [0.4, 0.5) is 0 Å². The molecule has 3 nitrogen and oxygen atoms in total. The minimum Gasteiger partial charge on any atom is -0.395 e. The van der Waals surface area contributed by atoms with Crippen molar-refractivity contribution in [2.75, 3.05) is 13.2 Å². The molecule has 2 aromatic rings. The second-order valence-electron chi connectivity index (χ2n) is 4.43. The van der Waals surface area contributed by atoms with E-state index in [1.54, 1.807) is 6.07 Å². The molecule has 0 bridgehead atoms. The van der Waals surface area contributed by atoms with Crippen LogP contribution in [-0.2, 0) is 6.42 Å². The van der Waals surface area contributed by atoms with Crippen molar-refractivity contribution >= 4 is 17.2 Å². The molecule has 0 saturated heterocycles. The fourth-order valence-electron chi connectivity index (χ4n) is 1.78. The van der Waals surface area contributed by atoms with E-state index in [2.05, 4.69) is 17.2 Å². The number of carbonyl (C=O) groups excluding carboxylic acids is 1. The van der Waals surface area contributed by atoms with Gasteiger partial charge in [0, 0.05) is 13.0 Å². The van der Waals surface area contributed by atoms with Gasteiger partial charge in [-0.1, -0.05) is 42.2 Å². The van der Waals surface area contributed by atoms with Gasteiger partial charge in [0.15, 0.2) is 0 Å². The number of thiophene rings is 1. The van der Waals surface area contributed by atoms with Crippen molar-refractivity contribution < 1.29 is 9.90 Å². The zero-order valence-electron chi connectivity index (χ0n) is 11.6. The summed E-state index contributed by atoms with van der Waals surface area (Å²) in [5.41, 5.74) is 1.21. The molecule has 0 radical (unpaired) electrons. The molecule has 2 N–H and O–H groups in total. The Kier molecular flexibility index (Phi) is 6.01. The maximum atomic E-state index is 12.0.